The van der Waals surface area contributed by atoms with Crippen LogP contribution in [0.1, 0.15) is 26.2 Å². The number of anilines is 1. The molecule has 1 aromatic heterocycles. The molecule has 22 heavy (non-hydrogen) atoms. The first-order valence-electron chi connectivity index (χ1n) is 7.79. The van der Waals surface area contributed by atoms with Gasteiger partial charge >= 0.3 is 0 Å². The van der Waals surface area contributed by atoms with Crippen LogP contribution in [0.4, 0.5) is 5.95 Å². The maximum Gasteiger partial charge on any atom is 0.226 e. The number of ether oxygens (including phenoxy) is 1. The van der Waals surface area contributed by atoms with Crippen LogP contribution in [0.15, 0.2) is 24.3 Å². The summed E-state index contributed by atoms with van der Waals surface area (Å²) in [7, 11) is 0. The lowest BCUT2D eigenvalue weighted by atomic mass is 10.3. The predicted octanol–water partition coefficient (Wildman–Crippen LogP) is 2.14. The number of benzene rings is 1. The lowest BCUT2D eigenvalue weighted by molar-refractivity contribution is -0.116. The predicted molar refractivity (Wildman–Crippen MR) is 87.8 cm³/mol. The van der Waals surface area contributed by atoms with Crippen LogP contribution in [0.2, 0.25) is 0 Å². The van der Waals surface area contributed by atoms with Gasteiger partial charge in [-0.25, -0.2) is 4.98 Å². The van der Waals surface area contributed by atoms with Gasteiger partial charge in [-0.15, -0.1) is 0 Å². The number of amides is 1. The lowest BCUT2D eigenvalue weighted by Gasteiger charge is -2.10. The third-order valence-electron chi connectivity index (χ3n) is 3.39. The molecule has 0 aliphatic carbocycles. The highest BCUT2D eigenvalue weighted by molar-refractivity contribution is 5.91. The Bertz CT molecular complexity index is 609. The monoisotopic (exact) mass is 304 g/mol. The van der Waals surface area contributed by atoms with Gasteiger partial charge in [0.05, 0.1) is 11.0 Å². The molecule has 0 saturated heterocycles. The van der Waals surface area contributed by atoms with E-state index in [1.54, 1.807) is 0 Å². The SMILES string of the molecule is CCOCCCn1c(NC(=O)CCCN)nc2ccccc21. The van der Waals surface area contributed by atoms with E-state index in [4.69, 9.17) is 10.5 Å². The van der Waals surface area contributed by atoms with E-state index < -0.39 is 0 Å². The molecular formula is C16H24N4O2. The Balaban J connectivity index is 2.14. The van der Waals surface area contributed by atoms with Crippen LogP contribution in [-0.4, -0.2) is 35.2 Å². The van der Waals surface area contributed by atoms with E-state index in [-0.39, 0.29) is 5.91 Å². The summed E-state index contributed by atoms with van der Waals surface area (Å²) >= 11 is 0. The molecule has 0 atom stereocenters. The van der Waals surface area contributed by atoms with E-state index >= 15 is 0 Å². The third-order valence-corrected chi connectivity index (χ3v) is 3.39. The minimum atomic E-state index is -0.0492. The second kappa shape index (κ2) is 8.51. The molecule has 3 N–H and O–H groups in total. The van der Waals surface area contributed by atoms with Crippen LogP contribution < -0.4 is 11.1 Å². The summed E-state index contributed by atoms with van der Waals surface area (Å²) in [5.41, 5.74) is 7.34. The molecule has 1 amide bonds. The number of hydrogen-bond acceptors (Lipinski definition) is 4. The van der Waals surface area contributed by atoms with Crippen LogP contribution >= 0.6 is 0 Å². The zero-order valence-corrected chi connectivity index (χ0v) is 13.0. The summed E-state index contributed by atoms with van der Waals surface area (Å²) in [4.78, 5) is 16.5. The second-order valence-electron chi connectivity index (χ2n) is 5.07. The second-order valence-corrected chi connectivity index (χ2v) is 5.07. The van der Waals surface area contributed by atoms with Crippen molar-refractivity contribution in [3.63, 3.8) is 0 Å². The van der Waals surface area contributed by atoms with Crippen molar-refractivity contribution >= 4 is 22.9 Å². The quantitative estimate of drug-likeness (QED) is 0.695. The van der Waals surface area contributed by atoms with E-state index in [9.17, 15) is 4.79 Å². The van der Waals surface area contributed by atoms with Crippen molar-refractivity contribution in [2.45, 2.75) is 32.7 Å². The van der Waals surface area contributed by atoms with Gasteiger partial charge in [0.15, 0.2) is 0 Å². The van der Waals surface area contributed by atoms with Crippen molar-refractivity contribution in [3.05, 3.63) is 24.3 Å². The van der Waals surface area contributed by atoms with Gasteiger partial charge in [0, 0.05) is 26.2 Å². The molecule has 0 radical (unpaired) electrons. The van der Waals surface area contributed by atoms with Crippen molar-refractivity contribution < 1.29 is 9.53 Å². The van der Waals surface area contributed by atoms with Crippen molar-refractivity contribution in [3.8, 4) is 0 Å². The molecule has 0 fully saturated rings. The Labute approximate surface area is 130 Å². The van der Waals surface area contributed by atoms with Gasteiger partial charge in [-0.3, -0.25) is 10.1 Å². The van der Waals surface area contributed by atoms with E-state index in [0.29, 0.717) is 38.5 Å². The molecule has 0 unspecified atom stereocenters. The molecule has 6 nitrogen and oxygen atoms in total. The van der Waals surface area contributed by atoms with Crippen molar-refractivity contribution in [1.82, 2.24) is 9.55 Å². The Morgan fingerprint density at radius 2 is 2.18 bits per heavy atom. The van der Waals surface area contributed by atoms with Gasteiger partial charge < -0.3 is 15.0 Å². The number of rotatable bonds is 9. The Kier molecular flexibility index (Phi) is 6.36. The van der Waals surface area contributed by atoms with Crippen molar-refractivity contribution in [2.24, 2.45) is 5.73 Å². The van der Waals surface area contributed by atoms with Gasteiger partial charge in [-0.1, -0.05) is 12.1 Å². The molecule has 1 aromatic carbocycles. The number of para-hydroxylation sites is 2. The molecule has 2 aromatic rings. The highest BCUT2D eigenvalue weighted by Gasteiger charge is 2.12. The fourth-order valence-corrected chi connectivity index (χ4v) is 2.32. The maximum absolute atomic E-state index is 11.9. The van der Waals surface area contributed by atoms with Crippen LogP contribution in [0.5, 0.6) is 0 Å². The number of nitrogens with two attached hydrogens (primary N) is 1. The number of aryl methyl sites for hydroxylation is 1. The Morgan fingerprint density at radius 1 is 1.36 bits per heavy atom. The largest absolute Gasteiger partial charge is 0.382 e. The first-order valence-corrected chi connectivity index (χ1v) is 7.79. The summed E-state index contributed by atoms with van der Waals surface area (Å²) in [6.07, 6.45) is 1.97. The van der Waals surface area contributed by atoms with Gasteiger partial charge in [0.1, 0.15) is 0 Å². The fraction of sp³-hybridized carbons (Fsp3) is 0.500. The maximum atomic E-state index is 11.9. The van der Waals surface area contributed by atoms with Gasteiger partial charge in [0.2, 0.25) is 11.9 Å². The molecule has 0 spiro atoms. The zero-order chi connectivity index (χ0) is 15.8. The van der Waals surface area contributed by atoms with Crippen LogP contribution in [0.3, 0.4) is 0 Å². The summed E-state index contributed by atoms with van der Waals surface area (Å²) < 4.78 is 7.42. The first kappa shape index (κ1) is 16.5. The Hall–Kier alpha value is -1.92. The lowest BCUT2D eigenvalue weighted by Crippen LogP contribution is -2.17. The summed E-state index contributed by atoms with van der Waals surface area (Å²) in [5, 5.41) is 2.89. The number of nitrogens with one attached hydrogen (secondary N) is 1. The standard InChI is InChI=1S/C16H24N4O2/c1-2-22-12-6-11-20-14-8-4-3-7-13(14)18-16(20)19-15(21)9-5-10-17/h3-4,7-8H,2,5-6,9-12,17H2,1H3,(H,18,19,21). The summed E-state index contributed by atoms with van der Waals surface area (Å²) in [6, 6.07) is 7.88. The van der Waals surface area contributed by atoms with Crippen LogP contribution in [0.25, 0.3) is 11.0 Å². The van der Waals surface area contributed by atoms with E-state index in [0.717, 1.165) is 24.0 Å². The average molecular weight is 304 g/mol. The highest BCUT2D eigenvalue weighted by atomic mass is 16.5. The number of hydrogen-bond donors (Lipinski definition) is 2. The fourth-order valence-electron chi connectivity index (χ4n) is 2.32. The van der Waals surface area contributed by atoms with E-state index in [1.807, 2.05) is 35.8 Å². The number of imidazole rings is 1. The number of carbonyl (C=O) groups is 1. The third kappa shape index (κ3) is 4.29. The normalized spacial score (nSPS) is 11.0. The summed E-state index contributed by atoms with van der Waals surface area (Å²) in [6.45, 7) is 4.66. The number of fused-ring (bicyclic) bond motifs is 1. The van der Waals surface area contributed by atoms with Gasteiger partial charge in [-0.05, 0) is 38.4 Å². The minimum absolute atomic E-state index is 0.0492. The number of carbonyl (C=O) groups excluding carboxylic acids is 1. The molecule has 120 valence electrons. The first-order chi connectivity index (χ1) is 10.8. The molecule has 1 heterocycles. The van der Waals surface area contributed by atoms with Crippen molar-refractivity contribution in [1.29, 1.82) is 0 Å². The van der Waals surface area contributed by atoms with Crippen LogP contribution in [0, 0.1) is 0 Å². The van der Waals surface area contributed by atoms with E-state index in [2.05, 4.69) is 10.3 Å². The number of aromatic nitrogens is 2. The Morgan fingerprint density at radius 3 is 2.95 bits per heavy atom. The van der Waals surface area contributed by atoms with Crippen molar-refractivity contribution in [2.75, 3.05) is 25.1 Å². The molecule has 0 aliphatic rings. The number of nitrogens with zero attached hydrogens (tertiary/aromatic N) is 2. The smallest absolute Gasteiger partial charge is 0.226 e. The molecule has 0 aliphatic heterocycles. The zero-order valence-electron chi connectivity index (χ0n) is 13.0. The van der Waals surface area contributed by atoms with Crippen LogP contribution in [-0.2, 0) is 16.1 Å². The molecule has 0 bridgehead atoms. The van der Waals surface area contributed by atoms with E-state index in [1.165, 1.54) is 0 Å². The van der Waals surface area contributed by atoms with Gasteiger partial charge in [0.25, 0.3) is 0 Å². The molecule has 0 saturated carbocycles. The highest BCUT2D eigenvalue weighted by Crippen LogP contribution is 2.20. The molecule has 2 rings (SSSR count). The minimum Gasteiger partial charge on any atom is -0.382 e. The average Bonchev–Trinajstić information content (AvgIpc) is 2.87. The molecule has 6 heteroatoms. The molecular weight excluding hydrogens is 280 g/mol. The van der Waals surface area contributed by atoms with Gasteiger partial charge in [-0.2, -0.15) is 0 Å². The summed E-state index contributed by atoms with van der Waals surface area (Å²) in [5.74, 6) is 0.548. The topological polar surface area (TPSA) is 82.2 Å².